The molecule has 0 saturated heterocycles. The zero-order chi connectivity index (χ0) is 40.2. The summed E-state index contributed by atoms with van der Waals surface area (Å²) in [7, 11) is 0. The molecule has 0 aliphatic rings. The fraction of sp³-hybridized carbons (Fsp3) is 0. The van der Waals surface area contributed by atoms with E-state index in [-0.39, 0.29) is 0 Å². The van der Waals surface area contributed by atoms with Gasteiger partial charge in [-0.1, -0.05) is 170 Å². The number of halogens is 2. The van der Waals surface area contributed by atoms with Crippen LogP contribution < -0.4 is 0 Å². The molecule has 11 rings (SSSR count). The third-order valence-corrected chi connectivity index (χ3v) is 11.3. The van der Waals surface area contributed by atoms with Gasteiger partial charge in [-0.05, 0) is 56.6 Å². The topological polar surface area (TPSA) is 51.6 Å². The molecule has 11 aromatic rings. The Morgan fingerprint density at radius 1 is 0.250 bits per heavy atom. The molecule has 0 fully saturated rings. The van der Waals surface area contributed by atoms with E-state index in [2.05, 4.69) is 58.5 Å². The SMILES string of the molecule is Fc1cc(-c2ccccc2)c2ccc3c(-c4ccccc4)cc(-c4ccc(-c5cc(-c6ccccc6)c6ccc7c(-c8ccccc8)cc(F)nc7c6n5)cc4)nc3c2n1. The minimum Gasteiger partial charge on any atom is -0.245 e. The first-order chi connectivity index (χ1) is 29.6. The number of rotatable bonds is 6. The van der Waals surface area contributed by atoms with Crippen molar-refractivity contribution in [3.8, 4) is 67.0 Å². The lowest BCUT2D eigenvalue weighted by atomic mass is 9.94. The molecular weight excluding hydrogens is 743 g/mol. The van der Waals surface area contributed by atoms with Crippen molar-refractivity contribution in [2.45, 2.75) is 0 Å². The maximum absolute atomic E-state index is 15.4. The monoisotopic (exact) mass is 774 g/mol. The van der Waals surface area contributed by atoms with Crippen molar-refractivity contribution in [2.75, 3.05) is 0 Å². The normalized spacial score (nSPS) is 11.5. The standard InChI is InChI=1S/C54H32F2N4/c55-49-31-45(35-17-9-3-10-18-35)41-27-25-39-43(33-13-5-1-6-14-33)29-47(57-51(39)53(41)59-49)37-21-23-38(24-22-37)48-30-44(34-15-7-2-8-16-34)40-26-28-42-46(36-19-11-4-12-20-36)32-50(56)60-54(42)52(40)58-48/h1-32H. The molecule has 60 heavy (non-hydrogen) atoms. The highest BCUT2D eigenvalue weighted by molar-refractivity contribution is 6.14. The summed E-state index contributed by atoms with van der Waals surface area (Å²) in [6.07, 6.45) is 0. The highest BCUT2D eigenvalue weighted by atomic mass is 19.1. The summed E-state index contributed by atoms with van der Waals surface area (Å²) in [4.78, 5) is 19.3. The van der Waals surface area contributed by atoms with E-state index in [0.717, 1.165) is 88.6 Å². The molecule has 4 heterocycles. The van der Waals surface area contributed by atoms with Crippen molar-refractivity contribution in [3.05, 3.63) is 206 Å². The fourth-order valence-corrected chi connectivity index (χ4v) is 8.42. The van der Waals surface area contributed by atoms with Crippen molar-refractivity contribution in [3.63, 3.8) is 0 Å². The third-order valence-electron chi connectivity index (χ3n) is 11.3. The van der Waals surface area contributed by atoms with E-state index in [0.29, 0.717) is 22.1 Å². The average Bonchev–Trinajstić information content (AvgIpc) is 3.31. The summed E-state index contributed by atoms with van der Waals surface area (Å²) in [6.45, 7) is 0. The fourth-order valence-electron chi connectivity index (χ4n) is 8.42. The Kier molecular flexibility index (Phi) is 8.48. The molecule has 0 N–H and O–H groups in total. The lowest BCUT2D eigenvalue weighted by Gasteiger charge is -2.15. The van der Waals surface area contributed by atoms with Crippen LogP contribution in [0.25, 0.3) is 111 Å². The molecule has 0 radical (unpaired) electrons. The number of hydrogen-bond acceptors (Lipinski definition) is 4. The minimum absolute atomic E-state index is 0.503. The molecule has 4 aromatic heterocycles. The molecule has 0 aliphatic carbocycles. The Morgan fingerprint density at radius 2 is 0.517 bits per heavy atom. The minimum atomic E-state index is -0.563. The molecular formula is C54H32F2N4. The Hall–Kier alpha value is -7.96. The molecule has 7 aromatic carbocycles. The summed E-state index contributed by atoms with van der Waals surface area (Å²) in [5.74, 6) is -1.13. The first-order valence-electron chi connectivity index (χ1n) is 19.8. The number of pyridine rings is 4. The van der Waals surface area contributed by atoms with Gasteiger partial charge in [0.25, 0.3) is 0 Å². The van der Waals surface area contributed by atoms with Crippen molar-refractivity contribution < 1.29 is 8.78 Å². The first-order valence-corrected chi connectivity index (χ1v) is 19.8. The van der Waals surface area contributed by atoms with Gasteiger partial charge in [0.2, 0.25) is 11.9 Å². The van der Waals surface area contributed by atoms with E-state index in [1.807, 2.05) is 133 Å². The maximum Gasteiger partial charge on any atom is 0.214 e. The second kappa shape index (κ2) is 14.5. The van der Waals surface area contributed by atoms with Gasteiger partial charge in [0, 0.05) is 44.8 Å². The molecule has 0 unspecified atom stereocenters. The first kappa shape index (κ1) is 35.2. The predicted molar refractivity (Wildman–Crippen MR) is 240 cm³/mol. The number of benzene rings is 7. The molecule has 0 bridgehead atoms. The number of aromatic nitrogens is 4. The van der Waals surface area contributed by atoms with E-state index in [4.69, 9.17) is 9.97 Å². The van der Waals surface area contributed by atoms with Crippen molar-refractivity contribution in [1.82, 2.24) is 19.9 Å². The van der Waals surface area contributed by atoms with Crippen molar-refractivity contribution in [2.24, 2.45) is 0 Å². The summed E-state index contributed by atoms with van der Waals surface area (Å²) in [5, 5.41) is 3.41. The van der Waals surface area contributed by atoms with Crippen LogP contribution in [0.5, 0.6) is 0 Å². The van der Waals surface area contributed by atoms with Crippen LogP contribution in [0.4, 0.5) is 8.78 Å². The van der Waals surface area contributed by atoms with Crippen LogP contribution >= 0.6 is 0 Å². The van der Waals surface area contributed by atoms with Crippen molar-refractivity contribution >= 4 is 43.6 Å². The van der Waals surface area contributed by atoms with E-state index in [1.54, 1.807) is 0 Å². The molecule has 0 aliphatic heterocycles. The van der Waals surface area contributed by atoms with Gasteiger partial charge in [0.1, 0.15) is 11.0 Å². The van der Waals surface area contributed by atoms with Crippen LogP contribution in [0, 0.1) is 11.9 Å². The molecule has 4 nitrogen and oxygen atoms in total. The maximum atomic E-state index is 15.4. The second-order valence-electron chi connectivity index (χ2n) is 14.9. The summed E-state index contributed by atoms with van der Waals surface area (Å²) < 4.78 is 30.9. The number of fused-ring (bicyclic) bond motifs is 6. The van der Waals surface area contributed by atoms with E-state index >= 15 is 8.78 Å². The predicted octanol–water partition coefficient (Wildman–Crippen LogP) is 14.2. The Bertz CT molecular complexity index is 3180. The zero-order valence-corrected chi connectivity index (χ0v) is 32.0. The molecule has 0 amide bonds. The van der Waals surface area contributed by atoms with Crippen LogP contribution in [-0.4, -0.2) is 19.9 Å². The molecule has 0 saturated carbocycles. The molecule has 6 heteroatoms. The smallest absolute Gasteiger partial charge is 0.214 e. The van der Waals surface area contributed by atoms with Crippen LogP contribution in [0.1, 0.15) is 0 Å². The second-order valence-corrected chi connectivity index (χ2v) is 14.9. The van der Waals surface area contributed by atoms with Crippen LogP contribution in [0.2, 0.25) is 0 Å². The third kappa shape index (κ3) is 6.14. The van der Waals surface area contributed by atoms with E-state index in [9.17, 15) is 0 Å². The Morgan fingerprint density at radius 3 is 0.817 bits per heavy atom. The molecule has 282 valence electrons. The van der Waals surface area contributed by atoms with Gasteiger partial charge in [0.05, 0.1) is 22.4 Å². The number of nitrogens with zero attached hydrogens (tertiary/aromatic N) is 4. The van der Waals surface area contributed by atoms with Gasteiger partial charge in [-0.25, -0.2) is 19.9 Å². The Balaban J connectivity index is 1.09. The Labute approximate surface area is 344 Å². The quantitative estimate of drug-likeness (QED) is 0.125. The number of hydrogen-bond donors (Lipinski definition) is 0. The highest BCUT2D eigenvalue weighted by Crippen LogP contribution is 2.40. The van der Waals surface area contributed by atoms with Crippen LogP contribution in [0.3, 0.4) is 0 Å². The highest BCUT2D eigenvalue weighted by Gasteiger charge is 2.19. The van der Waals surface area contributed by atoms with Gasteiger partial charge in [0.15, 0.2) is 0 Å². The zero-order valence-electron chi connectivity index (χ0n) is 32.0. The van der Waals surface area contributed by atoms with Gasteiger partial charge in [-0.3, -0.25) is 0 Å². The van der Waals surface area contributed by atoms with Gasteiger partial charge < -0.3 is 0 Å². The van der Waals surface area contributed by atoms with Gasteiger partial charge >= 0.3 is 0 Å². The van der Waals surface area contributed by atoms with Gasteiger partial charge in [-0.2, -0.15) is 8.78 Å². The van der Waals surface area contributed by atoms with Gasteiger partial charge in [-0.15, -0.1) is 0 Å². The molecule has 0 atom stereocenters. The summed E-state index contributed by atoms with van der Waals surface area (Å²) in [5.41, 5.74) is 12.8. The van der Waals surface area contributed by atoms with E-state index < -0.39 is 11.9 Å². The largest absolute Gasteiger partial charge is 0.245 e. The summed E-state index contributed by atoms with van der Waals surface area (Å²) >= 11 is 0. The average molecular weight is 775 g/mol. The van der Waals surface area contributed by atoms with Crippen molar-refractivity contribution in [1.29, 1.82) is 0 Å². The summed E-state index contributed by atoms with van der Waals surface area (Å²) in [6, 6.07) is 63.4. The van der Waals surface area contributed by atoms with Crippen LogP contribution in [-0.2, 0) is 0 Å². The van der Waals surface area contributed by atoms with E-state index in [1.165, 1.54) is 12.1 Å². The van der Waals surface area contributed by atoms with Crippen LogP contribution in [0.15, 0.2) is 194 Å². The lowest BCUT2D eigenvalue weighted by Crippen LogP contribution is -1.96. The lowest BCUT2D eigenvalue weighted by molar-refractivity contribution is 0.589. The molecule has 0 spiro atoms.